The third-order valence-corrected chi connectivity index (χ3v) is 4.59. The molecule has 0 unspecified atom stereocenters. The van der Waals surface area contributed by atoms with Crippen LogP contribution >= 0.6 is 0 Å². The van der Waals surface area contributed by atoms with E-state index < -0.39 is 17.1 Å². The molecule has 0 saturated carbocycles. The van der Waals surface area contributed by atoms with E-state index in [0.717, 1.165) is 10.6 Å². The number of aromatic amines is 1. The molecule has 0 atom stereocenters. The number of benzene rings is 2. The number of nitrogens with one attached hydrogen (secondary N) is 2. The van der Waals surface area contributed by atoms with Crippen LogP contribution in [0.3, 0.4) is 0 Å². The molecular formula is C15H11FKN3O2. The van der Waals surface area contributed by atoms with E-state index in [4.69, 9.17) is 0 Å². The van der Waals surface area contributed by atoms with Crippen LogP contribution in [0.15, 0.2) is 46.0 Å². The number of fused-ring (bicyclic) bond motifs is 1. The monoisotopic (exact) mass is 323 g/mol. The van der Waals surface area contributed by atoms with Crippen LogP contribution in [0.2, 0.25) is 0 Å². The minimum atomic E-state index is -0.545. The SMILES string of the molecule is CNc1cc2[nH]c(=O)n(-c3cc[c]([K])cc3)c(=O)c2cc1F. The van der Waals surface area contributed by atoms with E-state index >= 15 is 0 Å². The van der Waals surface area contributed by atoms with Gasteiger partial charge >= 0.3 is 160 Å². The van der Waals surface area contributed by atoms with Gasteiger partial charge in [0.2, 0.25) is 0 Å². The fourth-order valence-corrected chi connectivity index (χ4v) is 2.88. The first-order chi connectivity index (χ1) is 10.5. The molecule has 1 heterocycles. The van der Waals surface area contributed by atoms with Crippen molar-refractivity contribution in [2.75, 3.05) is 12.4 Å². The van der Waals surface area contributed by atoms with Crippen molar-refractivity contribution in [3.8, 4) is 5.69 Å². The number of H-pyrrole nitrogens is 1. The molecule has 2 aromatic carbocycles. The second-order valence-electron chi connectivity index (χ2n) is 5.03. The van der Waals surface area contributed by atoms with Gasteiger partial charge in [-0.1, -0.05) is 0 Å². The maximum atomic E-state index is 13.9. The number of rotatable bonds is 2. The summed E-state index contributed by atoms with van der Waals surface area (Å²) in [5.74, 6) is -0.539. The van der Waals surface area contributed by atoms with Gasteiger partial charge < -0.3 is 0 Å². The summed E-state index contributed by atoms with van der Waals surface area (Å²) in [6, 6.07) is 9.77. The van der Waals surface area contributed by atoms with E-state index in [9.17, 15) is 14.0 Å². The predicted molar refractivity (Wildman–Crippen MR) is 85.1 cm³/mol. The van der Waals surface area contributed by atoms with Crippen LogP contribution in [-0.2, 0) is 0 Å². The summed E-state index contributed by atoms with van der Waals surface area (Å²) in [6.45, 7) is 0. The molecule has 3 aromatic rings. The Morgan fingerprint density at radius 1 is 1.18 bits per heavy atom. The van der Waals surface area contributed by atoms with E-state index in [1.54, 1.807) is 19.2 Å². The van der Waals surface area contributed by atoms with Crippen LogP contribution in [-0.4, -0.2) is 65.6 Å². The third kappa shape index (κ3) is 2.70. The van der Waals surface area contributed by atoms with Gasteiger partial charge in [0.05, 0.1) is 0 Å². The Balaban J connectivity index is 2.36. The summed E-state index contributed by atoms with van der Waals surface area (Å²) in [4.78, 5) is 27.4. The molecule has 0 saturated heterocycles. The normalized spacial score (nSPS) is 10.9. The number of halogens is 1. The van der Waals surface area contributed by atoms with Crippen LogP contribution in [0.5, 0.6) is 0 Å². The molecule has 1 aromatic heterocycles. The van der Waals surface area contributed by atoms with Gasteiger partial charge in [0.25, 0.3) is 0 Å². The Bertz CT molecular complexity index is 977. The second-order valence-corrected chi connectivity index (χ2v) is 6.84. The van der Waals surface area contributed by atoms with Crippen LogP contribution in [0.1, 0.15) is 0 Å². The molecular weight excluding hydrogens is 312 g/mol. The molecule has 5 nitrogen and oxygen atoms in total. The molecule has 0 aliphatic heterocycles. The van der Waals surface area contributed by atoms with E-state index in [1.165, 1.54) is 5.72 Å². The Hall–Kier alpha value is -1.25. The van der Waals surface area contributed by atoms with Gasteiger partial charge in [0.1, 0.15) is 0 Å². The Morgan fingerprint density at radius 2 is 1.86 bits per heavy atom. The number of anilines is 1. The first-order valence-corrected chi connectivity index (χ1v) is 8.31. The van der Waals surface area contributed by atoms with E-state index in [0.29, 0.717) is 60.2 Å². The topological polar surface area (TPSA) is 66.9 Å². The molecule has 0 spiro atoms. The summed E-state index contributed by atoms with van der Waals surface area (Å²) >= 11 is 0.527. The summed E-state index contributed by atoms with van der Waals surface area (Å²) < 4.78 is 16.1. The number of hydrogen-bond donors (Lipinski definition) is 2. The summed E-state index contributed by atoms with van der Waals surface area (Å²) in [5, 5.41) is 2.81. The average Bonchev–Trinajstić information content (AvgIpc) is 2.49. The van der Waals surface area contributed by atoms with Crippen molar-refractivity contribution in [2.24, 2.45) is 0 Å². The van der Waals surface area contributed by atoms with Crippen molar-refractivity contribution in [1.82, 2.24) is 9.55 Å². The quantitative estimate of drug-likeness (QED) is 0.681. The molecule has 0 bridgehead atoms. The van der Waals surface area contributed by atoms with E-state index in [-0.39, 0.29) is 11.1 Å². The van der Waals surface area contributed by atoms with Crippen LogP contribution in [0, 0.1) is 5.82 Å². The zero-order valence-corrected chi connectivity index (χ0v) is 15.2. The molecule has 0 aliphatic carbocycles. The maximum absolute atomic E-state index is 13.9. The summed E-state index contributed by atoms with van der Waals surface area (Å²) in [5.41, 5.74) is -0.0806. The molecule has 3 rings (SSSR count). The van der Waals surface area contributed by atoms with E-state index in [1.807, 2.05) is 12.1 Å². The van der Waals surface area contributed by atoms with Gasteiger partial charge in [-0.2, -0.15) is 0 Å². The number of hydrogen-bond acceptors (Lipinski definition) is 3. The molecule has 0 fully saturated rings. The zero-order chi connectivity index (χ0) is 15.9. The van der Waals surface area contributed by atoms with Crippen LogP contribution in [0.4, 0.5) is 10.1 Å². The molecule has 7 heteroatoms. The summed E-state index contributed by atoms with van der Waals surface area (Å²) in [7, 11) is 1.57. The zero-order valence-electron chi connectivity index (χ0n) is 12.1. The molecule has 0 radical (unpaired) electrons. The van der Waals surface area contributed by atoms with Crippen LogP contribution in [0.25, 0.3) is 16.6 Å². The summed E-state index contributed by atoms with van der Waals surface area (Å²) in [6.07, 6.45) is 0. The van der Waals surface area contributed by atoms with Crippen molar-refractivity contribution in [1.29, 1.82) is 0 Å². The van der Waals surface area contributed by atoms with Gasteiger partial charge in [0.15, 0.2) is 0 Å². The molecule has 22 heavy (non-hydrogen) atoms. The van der Waals surface area contributed by atoms with Crippen molar-refractivity contribution < 1.29 is 4.39 Å². The first-order valence-electron chi connectivity index (χ1n) is 6.74. The average molecular weight is 323 g/mol. The van der Waals surface area contributed by atoms with E-state index in [2.05, 4.69) is 10.3 Å². The third-order valence-electron chi connectivity index (χ3n) is 3.55. The van der Waals surface area contributed by atoms with Crippen molar-refractivity contribution in [3.05, 3.63) is 63.1 Å². The van der Waals surface area contributed by atoms with Gasteiger partial charge in [-0.3, -0.25) is 0 Å². The minimum absolute atomic E-state index is 0.134. The van der Waals surface area contributed by atoms with Gasteiger partial charge in [0, 0.05) is 0 Å². The molecule has 0 aliphatic rings. The van der Waals surface area contributed by atoms with Crippen molar-refractivity contribution >= 4 is 65.2 Å². The number of aromatic nitrogens is 2. The fourth-order valence-electron chi connectivity index (χ4n) is 2.36. The van der Waals surface area contributed by atoms with Crippen molar-refractivity contribution in [3.63, 3.8) is 0 Å². The Labute approximate surface area is 158 Å². The second kappa shape index (κ2) is 6.09. The molecule has 0 amide bonds. The van der Waals surface area contributed by atoms with Gasteiger partial charge in [-0.05, 0) is 0 Å². The predicted octanol–water partition coefficient (Wildman–Crippen LogP) is 0.654. The van der Waals surface area contributed by atoms with Crippen LogP contribution < -0.4 is 16.2 Å². The fraction of sp³-hybridized carbons (Fsp3) is 0.0667. The number of nitrogens with zero attached hydrogens (tertiary/aromatic N) is 1. The molecule has 2 N–H and O–H groups in total. The van der Waals surface area contributed by atoms with Gasteiger partial charge in [-0.15, -0.1) is 0 Å². The molecule has 106 valence electrons. The van der Waals surface area contributed by atoms with Gasteiger partial charge in [-0.25, -0.2) is 0 Å². The Morgan fingerprint density at radius 3 is 2.50 bits per heavy atom. The Kier molecular flexibility index (Phi) is 4.33. The standard InChI is InChI=1S/C15H11FN3O2.K/c1-17-13-8-12-10(7-11(13)16)14(20)19(15(21)18-12)9-5-3-2-4-6-9;/h3-8,17H,1H3,(H,18,21);. The van der Waals surface area contributed by atoms with Crippen molar-refractivity contribution in [2.45, 2.75) is 0 Å². The first kappa shape index (κ1) is 15.6.